The Hall–Kier alpha value is -3.70. The van der Waals surface area contributed by atoms with Gasteiger partial charge in [0.05, 0.1) is 12.8 Å². The summed E-state index contributed by atoms with van der Waals surface area (Å²) in [7, 11) is -2.67. The molecule has 2 heterocycles. The molecule has 1 aliphatic heterocycles. The SMILES string of the molecule is COc1cc(CN2CCCC2C(=O)O)ccc1Cc1c(C)nc(N)nc1OS(=O)(=O)c1c(C)cc(C)cc1C. The van der Waals surface area contributed by atoms with Gasteiger partial charge < -0.3 is 19.8 Å². The first-order valence-corrected chi connectivity index (χ1v) is 14.1. The summed E-state index contributed by atoms with van der Waals surface area (Å²) in [5, 5.41) is 9.50. The van der Waals surface area contributed by atoms with Crippen molar-refractivity contribution in [1.82, 2.24) is 14.9 Å². The number of rotatable bonds is 9. The van der Waals surface area contributed by atoms with Crippen molar-refractivity contribution >= 4 is 22.0 Å². The molecule has 1 unspecified atom stereocenters. The van der Waals surface area contributed by atoms with Gasteiger partial charge in [0.1, 0.15) is 16.7 Å². The van der Waals surface area contributed by atoms with E-state index < -0.39 is 22.1 Å². The van der Waals surface area contributed by atoms with Crippen molar-refractivity contribution in [1.29, 1.82) is 0 Å². The number of anilines is 1. The molecule has 2 aromatic carbocycles. The number of aryl methyl sites for hydroxylation is 4. The van der Waals surface area contributed by atoms with E-state index in [0.29, 0.717) is 41.1 Å². The fourth-order valence-corrected chi connectivity index (χ4v) is 6.66. The third kappa shape index (κ3) is 6.15. The van der Waals surface area contributed by atoms with Crippen LogP contribution in [0.1, 0.15) is 51.9 Å². The lowest BCUT2D eigenvalue weighted by Crippen LogP contribution is -2.35. The lowest BCUT2D eigenvalue weighted by atomic mass is 10.0. The molecule has 1 saturated heterocycles. The number of nitrogens with two attached hydrogens (primary N) is 1. The molecule has 3 aromatic rings. The van der Waals surface area contributed by atoms with Crippen molar-refractivity contribution in [3.8, 4) is 11.6 Å². The van der Waals surface area contributed by atoms with Crippen LogP contribution in [0.25, 0.3) is 0 Å². The molecule has 10 nitrogen and oxygen atoms in total. The molecule has 1 atom stereocenters. The summed E-state index contributed by atoms with van der Waals surface area (Å²) in [6, 6.07) is 8.75. The number of aromatic nitrogens is 2. The Morgan fingerprint density at radius 3 is 2.46 bits per heavy atom. The van der Waals surface area contributed by atoms with E-state index in [0.717, 1.165) is 29.7 Å². The van der Waals surface area contributed by atoms with E-state index in [1.165, 1.54) is 0 Å². The maximum atomic E-state index is 13.4. The molecule has 1 aromatic heterocycles. The van der Waals surface area contributed by atoms with Gasteiger partial charge >= 0.3 is 16.1 Å². The summed E-state index contributed by atoms with van der Waals surface area (Å²) in [4.78, 5) is 22.0. The van der Waals surface area contributed by atoms with Crippen LogP contribution in [0.4, 0.5) is 5.95 Å². The van der Waals surface area contributed by atoms with E-state index in [2.05, 4.69) is 9.97 Å². The first-order chi connectivity index (χ1) is 18.4. The zero-order chi connectivity index (χ0) is 28.5. The van der Waals surface area contributed by atoms with Gasteiger partial charge in [0.15, 0.2) is 0 Å². The Morgan fingerprint density at radius 2 is 1.82 bits per heavy atom. The maximum Gasteiger partial charge on any atom is 0.341 e. The van der Waals surface area contributed by atoms with Gasteiger partial charge in [-0.1, -0.05) is 29.8 Å². The molecule has 0 bridgehead atoms. The zero-order valence-corrected chi connectivity index (χ0v) is 23.6. The highest BCUT2D eigenvalue weighted by molar-refractivity contribution is 7.87. The number of methoxy groups -OCH3 is 1. The molecular formula is C28H34N4O6S. The van der Waals surface area contributed by atoms with Gasteiger partial charge in [-0.15, -0.1) is 0 Å². The molecule has 1 fully saturated rings. The van der Waals surface area contributed by atoms with Gasteiger partial charge in [-0.2, -0.15) is 13.4 Å². The molecule has 4 rings (SSSR count). The van der Waals surface area contributed by atoms with Crippen molar-refractivity contribution in [2.75, 3.05) is 19.4 Å². The number of likely N-dealkylation sites (tertiary alicyclic amines) is 1. The van der Waals surface area contributed by atoms with Crippen LogP contribution in [0.2, 0.25) is 0 Å². The summed E-state index contributed by atoms with van der Waals surface area (Å²) < 4.78 is 38.1. The minimum Gasteiger partial charge on any atom is -0.496 e. The molecule has 0 radical (unpaired) electrons. The standard InChI is InChI=1S/C28H34N4O6S/c1-16-11-17(2)25(18(3)12-16)39(35,36)38-26-22(19(4)30-28(29)31-26)14-21-9-8-20(13-24(21)37-5)15-32-10-6-7-23(32)27(33)34/h8-9,11-13,23H,6-7,10,14-15H2,1-5H3,(H,33,34)(H2,29,30,31). The van der Waals surface area contributed by atoms with Crippen LogP contribution in [-0.2, 0) is 27.9 Å². The maximum absolute atomic E-state index is 13.4. The van der Waals surface area contributed by atoms with Crippen LogP contribution < -0.4 is 14.7 Å². The van der Waals surface area contributed by atoms with Crippen molar-refractivity contribution in [2.45, 2.75) is 64.4 Å². The van der Waals surface area contributed by atoms with Gasteiger partial charge in [0, 0.05) is 18.5 Å². The fourth-order valence-electron chi connectivity index (χ4n) is 5.32. The van der Waals surface area contributed by atoms with Gasteiger partial charge in [-0.05, 0) is 75.4 Å². The van der Waals surface area contributed by atoms with E-state index in [4.69, 9.17) is 14.7 Å². The van der Waals surface area contributed by atoms with Crippen LogP contribution in [0.15, 0.2) is 35.2 Å². The Morgan fingerprint density at radius 1 is 1.13 bits per heavy atom. The molecular weight excluding hydrogens is 520 g/mol. The van der Waals surface area contributed by atoms with Crippen LogP contribution in [-0.4, -0.2) is 54.1 Å². The lowest BCUT2D eigenvalue weighted by molar-refractivity contribution is -0.142. The highest BCUT2D eigenvalue weighted by atomic mass is 32.2. The summed E-state index contributed by atoms with van der Waals surface area (Å²) in [5.74, 6) is -0.464. The van der Waals surface area contributed by atoms with E-state index in [-0.39, 0.29) is 23.1 Å². The Kier molecular flexibility index (Phi) is 8.12. The summed E-state index contributed by atoms with van der Waals surface area (Å²) in [6.45, 7) is 8.28. The molecule has 1 aliphatic rings. The Labute approximate surface area is 228 Å². The van der Waals surface area contributed by atoms with Crippen LogP contribution in [0.3, 0.4) is 0 Å². The number of hydrogen-bond donors (Lipinski definition) is 2. The van der Waals surface area contributed by atoms with Crippen LogP contribution in [0.5, 0.6) is 11.6 Å². The molecule has 0 amide bonds. The molecule has 0 saturated carbocycles. The predicted molar refractivity (Wildman–Crippen MR) is 147 cm³/mol. The molecule has 3 N–H and O–H groups in total. The molecule has 39 heavy (non-hydrogen) atoms. The van der Waals surface area contributed by atoms with Crippen LogP contribution in [0, 0.1) is 27.7 Å². The third-order valence-corrected chi connectivity index (χ3v) is 8.51. The number of nitrogens with zero attached hydrogens (tertiary/aromatic N) is 3. The van der Waals surface area contributed by atoms with E-state index >= 15 is 0 Å². The second kappa shape index (κ2) is 11.2. The number of carboxylic acid groups (broad SMARTS) is 1. The predicted octanol–water partition coefficient (Wildman–Crippen LogP) is 3.71. The number of hydrogen-bond acceptors (Lipinski definition) is 9. The summed E-state index contributed by atoms with van der Waals surface area (Å²) in [6.07, 6.45) is 1.71. The average Bonchev–Trinajstić information content (AvgIpc) is 3.29. The van der Waals surface area contributed by atoms with Crippen LogP contribution >= 0.6 is 0 Å². The molecule has 208 valence electrons. The van der Waals surface area contributed by atoms with Gasteiger partial charge in [0.25, 0.3) is 0 Å². The van der Waals surface area contributed by atoms with E-state index in [1.54, 1.807) is 40.0 Å². The Balaban J connectivity index is 1.66. The van der Waals surface area contributed by atoms with Crippen molar-refractivity contribution in [3.05, 3.63) is 69.4 Å². The van der Waals surface area contributed by atoms with Crippen molar-refractivity contribution in [3.63, 3.8) is 0 Å². The minimum atomic E-state index is -4.22. The number of aliphatic carboxylic acids is 1. The molecule has 0 aliphatic carbocycles. The van der Waals surface area contributed by atoms with Crippen molar-refractivity contribution in [2.24, 2.45) is 0 Å². The first kappa shape index (κ1) is 28.3. The Bertz CT molecular complexity index is 1500. The van der Waals surface area contributed by atoms with Gasteiger partial charge in [-0.3, -0.25) is 9.69 Å². The van der Waals surface area contributed by atoms with Gasteiger partial charge in [-0.25, -0.2) is 4.98 Å². The monoisotopic (exact) mass is 554 g/mol. The summed E-state index contributed by atoms with van der Waals surface area (Å²) >= 11 is 0. The molecule has 11 heteroatoms. The lowest BCUT2D eigenvalue weighted by Gasteiger charge is -2.22. The van der Waals surface area contributed by atoms with Crippen molar-refractivity contribution < 1.29 is 27.2 Å². The minimum absolute atomic E-state index is 0.0948. The second-order valence-corrected chi connectivity index (χ2v) is 11.5. The first-order valence-electron chi connectivity index (χ1n) is 12.7. The quantitative estimate of drug-likeness (QED) is 0.376. The normalized spacial score (nSPS) is 15.9. The zero-order valence-electron chi connectivity index (χ0n) is 22.8. The fraction of sp³-hybridized carbons (Fsp3) is 0.393. The number of benzene rings is 2. The summed E-state index contributed by atoms with van der Waals surface area (Å²) in [5.41, 5.74) is 10.6. The largest absolute Gasteiger partial charge is 0.496 e. The van der Waals surface area contributed by atoms with E-state index in [9.17, 15) is 18.3 Å². The molecule has 0 spiro atoms. The average molecular weight is 555 g/mol. The topological polar surface area (TPSA) is 145 Å². The smallest absolute Gasteiger partial charge is 0.341 e. The second-order valence-electron chi connectivity index (χ2n) is 10.0. The number of carboxylic acids is 1. The highest BCUT2D eigenvalue weighted by Gasteiger charge is 2.30. The highest BCUT2D eigenvalue weighted by Crippen LogP contribution is 2.32. The number of carbonyl (C=O) groups is 1. The number of nitrogen functional groups attached to an aromatic ring is 1. The third-order valence-electron chi connectivity index (χ3n) is 6.99. The number of ether oxygens (including phenoxy) is 1. The van der Waals surface area contributed by atoms with Gasteiger partial charge in [0.2, 0.25) is 11.8 Å². The van der Waals surface area contributed by atoms with E-state index in [1.807, 2.05) is 30.0 Å².